The van der Waals surface area contributed by atoms with Crippen LogP contribution >= 0.6 is 0 Å². The quantitative estimate of drug-likeness (QED) is 0.562. The fourth-order valence-corrected chi connectivity index (χ4v) is 3.31. The van der Waals surface area contributed by atoms with Crippen molar-refractivity contribution >= 4 is 5.97 Å². The van der Waals surface area contributed by atoms with Gasteiger partial charge in [-0.05, 0) is 62.0 Å². The molecule has 2 unspecified atom stereocenters. The van der Waals surface area contributed by atoms with E-state index < -0.39 is 0 Å². The number of hydrogen-bond donors (Lipinski definition) is 0. The van der Waals surface area contributed by atoms with Crippen LogP contribution in [0.15, 0.2) is 18.2 Å². The van der Waals surface area contributed by atoms with Crippen molar-refractivity contribution in [1.29, 1.82) is 0 Å². The Morgan fingerprint density at radius 1 is 1.44 bits per heavy atom. The lowest BCUT2D eigenvalue weighted by Crippen LogP contribution is -2.43. The zero-order valence-electron chi connectivity index (χ0n) is 11.0. The van der Waals surface area contributed by atoms with Crippen LogP contribution in [0.1, 0.15) is 36.8 Å². The van der Waals surface area contributed by atoms with E-state index in [1.54, 1.807) is 0 Å². The third-order valence-corrected chi connectivity index (χ3v) is 4.28. The standard InChI is InChI=1S/C15H19NO2/c1-10(17)18-14-4-3-11-7-13-8-12(15(11)9-14)5-6-16(13)2/h3-4,9,12-13H,5-8H2,1-2H3. The Bertz CT molecular complexity index is 483. The maximum Gasteiger partial charge on any atom is 0.308 e. The first kappa shape index (κ1) is 11.7. The minimum absolute atomic E-state index is 0.244. The minimum Gasteiger partial charge on any atom is -0.427 e. The lowest BCUT2D eigenvalue weighted by Gasteiger charge is -2.42. The number of carbonyl (C=O) groups excluding carboxylic acids is 1. The van der Waals surface area contributed by atoms with E-state index in [-0.39, 0.29) is 5.97 Å². The van der Waals surface area contributed by atoms with Crippen molar-refractivity contribution in [1.82, 2.24) is 4.90 Å². The first-order valence-electron chi connectivity index (χ1n) is 6.65. The summed E-state index contributed by atoms with van der Waals surface area (Å²) in [6.07, 6.45) is 3.58. The van der Waals surface area contributed by atoms with Crippen molar-refractivity contribution in [3.63, 3.8) is 0 Å². The highest BCUT2D eigenvalue weighted by atomic mass is 16.5. The first-order valence-corrected chi connectivity index (χ1v) is 6.65. The van der Waals surface area contributed by atoms with E-state index >= 15 is 0 Å². The largest absolute Gasteiger partial charge is 0.427 e. The molecule has 1 aromatic rings. The monoisotopic (exact) mass is 245 g/mol. The van der Waals surface area contributed by atoms with Crippen molar-refractivity contribution in [3.8, 4) is 5.75 Å². The van der Waals surface area contributed by atoms with Crippen LogP contribution in [0.3, 0.4) is 0 Å². The molecule has 3 nitrogen and oxygen atoms in total. The molecule has 1 aliphatic heterocycles. The molecule has 0 radical (unpaired) electrons. The lowest BCUT2D eigenvalue weighted by atomic mass is 9.75. The van der Waals surface area contributed by atoms with Gasteiger partial charge in [-0.15, -0.1) is 0 Å². The summed E-state index contributed by atoms with van der Waals surface area (Å²) in [4.78, 5) is 13.5. The van der Waals surface area contributed by atoms with E-state index in [0.717, 1.165) is 6.42 Å². The number of piperidine rings is 1. The maximum atomic E-state index is 11.0. The second-order valence-corrected chi connectivity index (χ2v) is 5.51. The molecule has 0 aromatic heterocycles. The molecule has 2 aliphatic rings. The Labute approximate surface area is 108 Å². The van der Waals surface area contributed by atoms with Crippen LogP contribution in [0.4, 0.5) is 0 Å². The highest BCUT2D eigenvalue weighted by Crippen LogP contribution is 2.40. The van der Waals surface area contributed by atoms with Crippen molar-refractivity contribution < 1.29 is 9.53 Å². The van der Waals surface area contributed by atoms with Gasteiger partial charge in [0.1, 0.15) is 5.75 Å². The molecule has 1 heterocycles. The van der Waals surface area contributed by atoms with Gasteiger partial charge >= 0.3 is 5.97 Å². The van der Waals surface area contributed by atoms with Crippen LogP contribution in [0.2, 0.25) is 0 Å². The Balaban J connectivity index is 1.92. The first-order chi connectivity index (χ1) is 8.63. The summed E-state index contributed by atoms with van der Waals surface area (Å²) in [5, 5.41) is 0. The SMILES string of the molecule is CC(=O)Oc1ccc2c(c1)C1CCN(C)C(C2)C1. The summed E-state index contributed by atoms with van der Waals surface area (Å²) < 4.78 is 5.19. The van der Waals surface area contributed by atoms with Gasteiger partial charge in [-0.25, -0.2) is 0 Å². The molecule has 3 heteroatoms. The zero-order chi connectivity index (χ0) is 12.7. The van der Waals surface area contributed by atoms with Crippen LogP contribution < -0.4 is 4.74 Å². The van der Waals surface area contributed by atoms with E-state index in [4.69, 9.17) is 4.74 Å². The van der Waals surface area contributed by atoms with Crippen molar-refractivity contribution in [2.24, 2.45) is 0 Å². The summed E-state index contributed by atoms with van der Waals surface area (Å²) >= 11 is 0. The lowest BCUT2D eigenvalue weighted by molar-refractivity contribution is -0.131. The summed E-state index contributed by atoms with van der Waals surface area (Å²) in [7, 11) is 2.22. The van der Waals surface area contributed by atoms with Gasteiger partial charge in [0.25, 0.3) is 0 Å². The van der Waals surface area contributed by atoms with Gasteiger partial charge in [0, 0.05) is 13.0 Å². The van der Waals surface area contributed by atoms with Crippen molar-refractivity contribution in [2.75, 3.05) is 13.6 Å². The highest BCUT2D eigenvalue weighted by molar-refractivity contribution is 5.69. The Hall–Kier alpha value is -1.35. The molecule has 96 valence electrons. The maximum absolute atomic E-state index is 11.0. The average Bonchev–Trinajstić information content (AvgIpc) is 2.34. The fourth-order valence-electron chi connectivity index (χ4n) is 3.31. The summed E-state index contributed by atoms with van der Waals surface area (Å²) in [5.74, 6) is 1.09. The summed E-state index contributed by atoms with van der Waals surface area (Å²) in [6.45, 7) is 2.62. The molecule has 1 fully saturated rings. The molecule has 1 aliphatic carbocycles. The number of carbonyl (C=O) groups is 1. The van der Waals surface area contributed by atoms with Crippen LogP contribution in [-0.4, -0.2) is 30.5 Å². The smallest absolute Gasteiger partial charge is 0.308 e. The number of likely N-dealkylation sites (N-methyl/N-ethyl adjacent to an activating group) is 1. The number of benzene rings is 1. The zero-order valence-corrected chi connectivity index (χ0v) is 11.0. The van der Waals surface area contributed by atoms with E-state index in [1.807, 2.05) is 6.07 Å². The molecule has 3 rings (SSSR count). The predicted molar refractivity (Wildman–Crippen MR) is 69.8 cm³/mol. The highest BCUT2D eigenvalue weighted by Gasteiger charge is 2.33. The van der Waals surface area contributed by atoms with Gasteiger partial charge in [0.05, 0.1) is 0 Å². The van der Waals surface area contributed by atoms with Gasteiger partial charge in [0.15, 0.2) is 0 Å². The number of likely N-dealkylation sites (tertiary alicyclic amines) is 1. The second-order valence-electron chi connectivity index (χ2n) is 5.51. The van der Waals surface area contributed by atoms with E-state index in [2.05, 4.69) is 24.1 Å². The second kappa shape index (κ2) is 4.39. The molecule has 2 bridgehead atoms. The Morgan fingerprint density at radius 3 is 3.06 bits per heavy atom. The minimum atomic E-state index is -0.244. The molecule has 0 N–H and O–H groups in total. The summed E-state index contributed by atoms with van der Waals surface area (Å²) in [5.41, 5.74) is 2.83. The molecule has 0 amide bonds. The van der Waals surface area contributed by atoms with Crippen LogP contribution in [-0.2, 0) is 11.2 Å². The molecular weight excluding hydrogens is 226 g/mol. The fraction of sp³-hybridized carbons (Fsp3) is 0.533. The number of esters is 1. The van der Waals surface area contributed by atoms with Gasteiger partial charge in [0.2, 0.25) is 0 Å². The normalized spacial score (nSPS) is 26.6. The van der Waals surface area contributed by atoms with Crippen LogP contribution in [0.5, 0.6) is 5.75 Å². The number of hydrogen-bond acceptors (Lipinski definition) is 3. The van der Waals surface area contributed by atoms with Crippen molar-refractivity contribution in [2.45, 2.75) is 38.1 Å². The van der Waals surface area contributed by atoms with Crippen LogP contribution in [0, 0.1) is 0 Å². The van der Waals surface area contributed by atoms with Gasteiger partial charge in [-0.2, -0.15) is 0 Å². The van der Waals surface area contributed by atoms with E-state index in [9.17, 15) is 4.79 Å². The Morgan fingerprint density at radius 2 is 2.28 bits per heavy atom. The molecular formula is C15H19NO2. The molecule has 0 spiro atoms. The molecule has 2 atom stereocenters. The molecule has 1 aromatic carbocycles. The van der Waals surface area contributed by atoms with E-state index in [1.165, 1.54) is 37.4 Å². The summed E-state index contributed by atoms with van der Waals surface area (Å²) in [6, 6.07) is 6.81. The van der Waals surface area contributed by atoms with E-state index in [0.29, 0.717) is 17.7 Å². The number of nitrogens with zero attached hydrogens (tertiary/aromatic N) is 1. The number of rotatable bonds is 1. The van der Waals surface area contributed by atoms with Gasteiger partial charge < -0.3 is 9.64 Å². The number of fused-ring (bicyclic) bond motifs is 4. The third-order valence-electron chi connectivity index (χ3n) is 4.28. The third kappa shape index (κ3) is 2.03. The molecule has 0 saturated carbocycles. The number of ether oxygens (including phenoxy) is 1. The van der Waals surface area contributed by atoms with Gasteiger partial charge in [-0.1, -0.05) is 6.07 Å². The van der Waals surface area contributed by atoms with Crippen molar-refractivity contribution in [3.05, 3.63) is 29.3 Å². The van der Waals surface area contributed by atoms with Gasteiger partial charge in [-0.3, -0.25) is 4.79 Å². The van der Waals surface area contributed by atoms with Crippen LogP contribution in [0.25, 0.3) is 0 Å². The molecule has 1 saturated heterocycles. The molecule has 18 heavy (non-hydrogen) atoms. The predicted octanol–water partition coefficient (Wildman–Crippen LogP) is 2.35. The topological polar surface area (TPSA) is 29.5 Å². The Kier molecular flexibility index (Phi) is 2.86. The average molecular weight is 245 g/mol.